The number of hydrogen-bond donors (Lipinski definition) is 0. The predicted octanol–water partition coefficient (Wildman–Crippen LogP) is 4.99. The number of thiazole rings is 1. The van der Waals surface area contributed by atoms with Gasteiger partial charge in [0.15, 0.2) is 11.6 Å². The number of terminal acetylenes is 1. The van der Waals surface area contributed by atoms with Crippen molar-refractivity contribution < 1.29 is 13.9 Å². The fraction of sp³-hybridized carbons (Fsp3) is 0.105. The zero-order valence-corrected chi connectivity index (χ0v) is 15.8. The van der Waals surface area contributed by atoms with E-state index in [1.54, 1.807) is 6.20 Å². The lowest BCUT2D eigenvalue weighted by Crippen LogP contribution is -1.93. The Morgan fingerprint density at radius 2 is 2.04 bits per heavy atom. The van der Waals surface area contributed by atoms with Crippen LogP contribution in [-0.2, 0) is 0 Å². The molecular weight excluding hydrogens is 389 g/mol. The third-order valence-electron chi connectivity index (χ3n) is 3.91. The Morgan fingerprint density at radius 3 is 2.78 bits per heavy atom. The molecule has 0 aliphatic rings. The van der Waals surface area contributed by atoms with Crippen LogP contribution in [0.1, 0.15) is 5.56 Å². The second-order valence-corrected chi connectivity index (χ2v) is 7.09. The summed E-state index contributed by atoms with van der Waals surface area (Å²) in [5.74, 6) is -0.425. The summed E-state index contributed by atoms with van der Waals surface area (Å²) in [5.41, 5.74) is 3.44. The average molecular weight is 400 g/mol. The Kier molecular flexibility index (Phi) is 4.30. The SMILES string of the molecule is C#COc1cc2sc(-c3cc(C)cc4nc(OC)cnc34)nc2c(Cl)c1F. The zero-order chi connectivity index (χ0) is 19.1. The Balaban J connectivity index is 1.97. The van der Waals surface area contributed by atoms with E-state index in [2.05, 4.69) is 15.0 Å². The highest BCUT2D eigenvalue weighted by Gasteiger charge is 2.19. The number of aryl methyl sites for hydroxylation is 1. The fourth-order valence-corrected chi connectivity index (χ4v) is 4.06. The van der Waals surface area contributed by atoms with E-state index in [4.69, 9.17) is 27.5 Å². The number of aromatic nitrogens is 3. The average Bonchev–Trinajstić information content (AvgIpc) is 3.09. The Morgan fingerprint density at radius 1 is 1.22 bits per heavy atom. The molecule has 0 saturated heterocycles. The monoisotopic (exact) mass is 399 g/mol. The molecule has 0 aliphatic carbocycles. The first-order valence-corrected chi connectivity index (χ1v) is 8.94. The van der Waals surface area contributed by atoms with Gasteiger partial charge in [-0.1, -0.05) is 18.0 Å². The van der Waals surface area contributed by atoms with Gasteiger partial charge in [-0.15, -0.1) is 11.3 Å². The molecule has 0 radical (unpaired) electrons. The number of benzene rings is 2. The standard InChI is InChI=1S/C19H11ClFN3O2S/c1-4-26-12-7-13-18(15(20)16(12)21)24-19(27-13)10-5-9(2)6-11-17(10)22-8-14(23-11)25-3/h1,5-8H,2-3H3. The van der Waals surface area contributed by atoms with Crippen LogP contribution in [0, 0.1) is 25.3 Å². The lowest BCUT2D eigenvalue weighted by molar-refractivity contribution is 0.397. The molecule has 2 aromatic carbocycles. The highest BCUT2D eigenvalue weighted by Crippen LogP contribution is 2.40. The molecule has 0 atom stereocenters. The van der Waals surface area contributed by atoms with E-state index in [1.807, 2.05) is 25.2 Å². The van der Waals surface area contributed by atoms with E-state index in [9.17, 15) is 4.39 Å². The molecule has 8 heteroatoms. The van der Waals surface area contributed by atoms with Crippen molar-refractivity contribution in [3.05, 3.63) is 40.8 Å². The molecule has 4 aromatic rings. The maximum Gasteiger partial charge on any atom is 0.232 e. The van der Waals surface area contributed by atoms with Gasteiger partial charge in [0.05, 0.1) is 29.0 Å². The lowest BCUT2D eigenvalue weighted by atomic mass is 10.1. The Labute approximate surface area is 162 Å². The van der Waals surface area contributed by atoms with Crippen molar-refractivity contribution in [1.29, 1.82) is 0 Å². The van der Waals surface area contributed by atoms with Gasteiger partial charge in [-0.3, -0.25) is 0 Å². The van der Waals surface area contributed by atoms with E-state index < -0.39 is 5.82 Å². The second-order valence-electron chi connectivity index (χ2n) is 5.68. The maximum absolute atomic E-state index is 14.3. The molecule has 0 N–H and O–H groups in total. The van der Waals surface area contributed by atoms with Crippen LogP contribution in [0.15, 0.2) is 24.4 Å². The molecule has 134 valence electrons. The topological polar surface area (TPSA) is 57.1 Å². The zero-order valence-electron chi connectivity index (χ0n) is 14.2. The van der Waals surface area contributed by atoms with Gasteiger partial charge in [0.25, 0.3) is 0 Å². The van der Waals surface area contributed by atoms with Crippen molar-refractivity contribution >= 4 is 44.2 Å². The van der Waals surface area contributed by atoms with Crippen LogP contribution in [0.4, 0.5) is 4.39 Å². The van der Waals surface area contributed by atoms with Crippen molar-refractivity contribution in [2.45, 2.75) is 6.92 Å². The largest absolute Gasteiger partial charge is 0.480 e. The van der Waals surface area contributed by atoms with Crippen molar-refractivity contribution in [2.75, 3.05) is 7.11 Å². The van der Waals surface area contributed by atoms with Crippen LogP contribution in [-0.4, -0.2) is 22.1 Å². The number of nitrogens with zero attached hydrogens (tertiary/aromatic N) is 3. The first-order chi connectivity index (χ1) is 13.0. The molecule has 0 bridgehead atoms. The van der Waals surface area contributed by atoms with E-state index in [1.165, 1.54) is 24.5 Å². The van der Waals surface area contributed by atoms with Crippen molar-refractivity contribution in [2.24, 2.45) is 0 Å². The van der Waals surface area contributed by atoms with Gasteiger partial charge in [-0.05, 0) is 24.6 Å². The molecule has 5 nitrogen and oxygen atoms in total. The fourth-order valence-electron chi connectivity index (χ4n) is 2.74. The van der Waals surface area contributed by atoms with Crippen LogP contribution >= 0.6 is 22.9 Å². The number of hydrogen-bond acceptors (Lipinski definition) is 6. The summed E-state index contributed by atoms with van der Waals surface area (Å²) in [6.45, 7) is 1.95. The first kappa shape index (κ1) is 17.5. The molecule has 2 aromatic heterocycles. The quantitative estimate of drug-likeness (QED) is 0.454. The third-order valence-corrected chi connectivity index (χ3v) is 5.29. The van der Waals surface area contributed by atoms with E-state index in [0.717, 1.165) is 11.1 Å². The number of rotatable bonds is 3. The minimum Gasteiger partial charge on any atom is -0.480 e. The summed E-state index contributed by atoms with van der Waals surface area (Å²) < 4.78 is 25.0. The molecule has 0 spiro atoms. The molecule has 0 fully saturated rings. The number of halogens is 2. The predicted molar refractivity (Wildman–Crippen MR) is 104 cm³/mol. The summed E-state index contributed by atoms with van der Waals surface area (Å²) in [6.07, 6.45) is 8.60. The lowest BCUT2D eigenvalue weighted by Gasteiger charge is -2.06. The Bertz CT molecular complexity index is 1250. The Hall–Kier alpha value is -2.95. The van der Waals surface area contributed by atoms with Crippen LogP contribution < -0.4 is 9.47 Å². The smallest absolute Gasteiger partial charge is 0.232 e. The molecule has 0 unspecified atom stereocenters. The summed E-state index contributed by atoms with van der Waals surface area (Å²) in [5, 5.41) is 0.502. The van der Waals surface area contributed by atoms with Gasteiger partial charge in [0.1, 0.15) is 21.7 Å². The van der Waals surface area contributed by atoms with Crippen LogP contribution in [0.3, 0.4) is 0 Å². The normalized spacial score (nSPS) is 10.9. The number of fused-ring (bicyclic) bond motifs is 2. The van der Waals surface area contributed by atoms with Gasteiger partial charge in [-0.25, -0.2) is 19.3 Å². The highest BCUT2D eigenvalue weighted by molar-refractivity contribution is 7.21. The van der Waals surface area contributed by atoms with Crippen LogP contribution in [0.5, 0.6) is 11.6 Å². The molecule has 0 aliphatic heterocycles. The summed E-state index contributed by atoms with van der Waals surface area (Å²) >= 11 is 7.47. The highest BCUT2D eigenvalue weighted by atomic mass is 35.5. The minimum atomic E-state index is -0.738. The first-order valence-electron chi connectivity index (χ1n) is 7.74. The van der Waals surface area contributed by atoms with Crippen LogP contribution in [0.25, 0.3) is 31.8 Å². The molecule has 4 rings (SSSR count). The van der Waals surface area contributed by atoms with Gasteiger partial charge in [-0.2, -0.15) is 0 Å². The maximum atomic E-state index is 14.3. The van der Waals surface area contributed by atoms with E-state index >= 15 is 0 Å². The molecule has 0 saturated carbocycles. The van der Waals surface area contributed by atoms with Crippen molar-refractivity contribution in [3.8, 4) is 34.7 Å². The second kappa shape index (κ2) is 6.65. The molecule has 2 heterocycles. The van der Waals surface area contributed by atoms with Gasteiger partial charge in [0, 0.05) is 11.6 Å². The summed E-state index contributed by atoms with van der Waals surface area (Å²) in [4.78, 5) is 13.4. The number of ether oxygens (including phenoxy) is 2. The number of methoxy groups -OCH3 is 1. The molecule has 0 amide bonds. The van der Waals surface area contributed by atoms with Crippen molar-refractivity contribution in [3.63, 3.8) is 0 Å². The minimum absolute atomic E-state index is 0.108. The van der Waals surface area contributed by atoms with Gasteiger partial charge < -0.3 is 9.47 Å². The molecular formula is C19H11ClFN3O2S. The summed E-state index contributed by atoms with van der Waals surface area (Å²) in [7, 11) is 1.53. The van der Waals surface area contributed by atoms with Gasteiger partial charge >= 0.3 is 0 Å². The van der Waals surface area contributed by atoms with Crippen molar-refractivity contribution in [1.82, 2.24) is 15.0 Å². The van der Waals surface area contributed by atoms with E-state index in [-0.39, 0.29) is 10.8 Å². The van der Waals surface area contributed by atoms with Crippen LogP contribution in [0.2, 0.25) is 5.02 Å². The van der Waals surface area contributed by atoms with E-state index in [0.29, 0.717) is 32.1 Å². The van der Waals surface area contributed by atoms with Gasteiger partial charge in [0.2, 0.25) is 5.88 Å². The molecule has 27 heavy (non-hydrogen) atoms. The summed E-state index contributed by atoms with van der Waals surface area (Å²) in [6, 6.07) is 5.35. The third kappa shape index (κ3) is 2.93.